The van der Waals surface area contributed by atoms with Gasteiger partial charge < -0.3 is 9.67 Å². The van der Waals surface area contributed by atoms with Gasteiger partial charge in [0.1, 0.15) is 0 Å². The Morgan fingerprint density at radius 1 is 1.19 bits per heavy atom. The number of non-ortho nitro benzene ring substituents is 1. The maximum Gasteiger partial charge on any atom is 0.271 e. The third-order valence-corrected chi connectivity index (χ3v) is 5.36. The van der Waals surface area contributed by atoms with Crippen LogP contribution in [0.4, 0.5) is 5.69 Å². The van der Waals surface area contributed by atoms with Crippen LogP contribution in [0.2, 0.25) is 0 Å². The van der Waals surface area contributed by atoms with E-state index in [9.17, 15) is 15.2 Å². The van der Waals surface area contributed by atoms with Crippen molar-refractivity contribution in [3.8, 4) is 5.69 Å². The summed E-state index contributed by atoms with van der Waals surface area (Å²) in [6.45, 7) is 1.94. The minimum Gasteiger partial charge on any atom is -0.392 e. The molecule has 8 heteroatoms. The number of β-amino-alcohol motifs (C(OH)–C–C–N with tert-alkyl or cyclic N) is 1. The van der Waals surface area contributed by atoms with Gasteiger partial charge in [0.25, 0.3) is 5.69 Å². The van der Waals surface area contributed by atoms with Crippen LogP contribution in [-0.4, -0.2) is 43.3 Å². The van der Waals surface area contributed by atoms with E-state index >= 15 is 0 Å². The predicted molar refractivity (Wildman–Crippen MR) is 106 cm³/mol. The van der Waals surface area contributed by atoms with Crippen molar-refractivity contribution in [2.75, 3.05) is 13.1 Å². The molecule has 1 fully saturated rings. The van der Waals surface area contributed by atoms with Crippen molar-refractivity contribution >= 4 is 28.9 Å². The van der Waals surface area contributed by atoms with E-state index in [1.807, 2.05) is 39.5 Å². The van der Waals surface area contributed by atoms with Crippen LogP contribution in [0.25, 0.3) is 16.7 Å². The zero-order chi connectivity index (χ0) is 19.0. The monoisotopic (exact) mass is 384 g/mol. The number of nitro groups is 1. The number of aromatic nitrogens is 2. The normalized spacial score (nSPS) is 18.0. The number of benzene rings is 2. The number of fused-ring (bicyclic) bond motifs is 1. The maximum absolute atomic E-state index is 11.3. The molecule has 140 valence electrons. The summed E-state index contributed by atoms with van der Waals surface area (Å²) in [6, 6.07) is 14.6. The lowest BCUT2D eigenvalue weighted by atomic mass is 10.1. The fourth-order valence-corrected chi connectivity index (χ4v) is 4.04. The van der Waals surface area contributed by atoms with Crippen molar-refractivity contribution in [1.82, 2.24) is 14.0 Å². The van der Waals surface area contributed by atoms with Crippen LogP contribution < -0.4 is 0 Å². The number of aliphatic hydroxyl groups excluding tert-OH is 1. The van der Waals surface area contributed by atoms with Gasteiger partial charge in [-0.1, -0.05) is 18.2 Å². The van der Waals surface area contributed by atoms with Crippen LogP contribution in [-0.2, 0) is 6.67 Å². The molecule has 0 radical (unpaired) electrons. The van der Waals surface area contributed by atoms with Gasteiger partial charge in [-0.2, -0.15) is 0 Å². The molecule has 7 nitrogen and oxygen atoms in total. The largest absolute Gasteiger partial charge is 0.392 e. The number of aliphatic hydroxyl groups is 1. The molecule has 1 aliphatic heterocycles. The highest BCUT2D eigenvalue weighted by Crippen LogP contribution is 2.27. The Balaban J connectivity index is 1.88. The van der Waals surface area contributed by atoms with Gasteiger partial charge in [-0.15, -0.1) is 0 Å². The number of likely N-dealkylation sites (tertiary alicyclic amines) is 1. The molecule has 2 aromatic carbocycles. The molecule has 1 aromatic heterocycles. The number of hydrogen-bond acceptors (Lipinski definition) is 5. The molecule has 0 saturated carbocycles. The van der Waals surface area contributed by atoms with Gasteiger partial charge >= 0.3 is 0 Å². The smallest absolute Gasteiger partial charge is 0.271 e. The molecule has 0 unspecified atom stereocenters. The van der Waals surface area contributed by atoms with E-state index in [0.717, 1.165) is 36.1 Å². The van der Waals surface area contributed by atoms with Gasteiger partial charge in [-0.3, -0.25) is 19.6 Å². The number of hydrogen-bond donors (Lipinski definition) is 1. The van der Waals surface area contributed by atoms with Crippen molar-refractivity contribution in [2.24, 2.45) is 0 Å². The topological polar surface area (TPSA) is 76.5 Å². The average molecular weight is 384 g/mol. The maximum atomic E-state index is 11.3. The lowest BCUT2D eigenvalue weighted by Gasteiger charge is -2.30. The van der Waals surface area contributed by atoms with Crippen molar-refractivity contribution < 1.29 is 10.0 Å². The number of piperidine rings is 1. The molecule has 0 bridgehead atoms. The average Bonchev–Trinajstić information content (AvgIpc) is 2.93. The number of imidazole rings is 1. The second-order valence-electron chi connectivity index (χ2n) is 6.83. The molecule has 27 heavy (non-hydrogen) atoms. The number of para-hydroxylation sites is 1. The van der Waals surface area contributed by atoms with E-state index in [0.29, 0.717) is 18.0 Å². The quantitative estimate of drug-likeness (QED) is 0.423. The molecule has 1 atom stereocenters. The van der Waals surface area contributed by atoms with Crippen LogP contribution in [0.15, 0.2) is 48.5 Å². The molecule has 0 spiro atoms. The highest BCUT2D eigenvalue weighted by atomic mass is 32.1. The van der Waals surface area contributed by atoms with E-state index in [4.69, 9.17) is 12.2 Å². The molecular formula is C19H20N4O3S. The Bertz CT molecular complexity index is 1040. The first-order valence-electron chi connectivity index (χ1n) is 8.90. The van der Waals surface area contributed by atoms with Crippen LogP contribution in [0.5, 0.6) is 0 Å². The predicted octanol–water partition coefficient (Wildman–Crippen LogP) is 3.48. The van der Waals surface area contributed by atoms with Gasteiger partial charge in [0, 0.05) is 30.9 Å². The Hall–Kier alpha value is -2.55. The Labute approximate surface area is 161 Å². The highest BCUT2D eigenvalue weighted by Gasteiger charge is 2.21. The summed E-state index contributed by atoms with van der Waals surface area (Å²) in [7, 11) is 0. The fraction of sp³-hybridized carbons (Fsp3) is 0.316. The summed E-state index contributed by atoms with van der Waals surface area (Å²) in [4.78, 5) is 13.0. The highest BCUT2D eigenvalue weighted by molar-refractivity contribution is 7.71. The van der Waals surface area contributed by atoms with Crippen molar-refractivity contribution in [1.29, 1.82) is 0 Å². The van der Waals surface area contributed by atoms with Crippen molar-refractivity contribution in [3.63, 3.8) is 0 Å². The van der Waals surface area contributed by atoms with Crippen molar-refractivity contribution in [3.05, 3.63) is 63.4 Å². The Kier molecular flexibility index (Phi) is 4.77. The van der Waals surface area contributed by atoms with Crippen molar-refractivity contribution in [2.45, 2.75) is 25.6 Å². The first-order valence-corrected chi connectivity index (χ1v) is 9.31. The molecule has 1 aliphatic rings. The molecule has 1 saturated heterocycles. The van der Waals surface area contributed by atoms with Gasteiger partial charge in [-0.05, 0) is 43.3 Å². The summed E-state index contributed by atoms with van der Waals surface area (Å²) in [6.07, 6.45) is 1.38. The van der Waals surface area contributed by atoms with E-state index in [2.05, 4.69) is 4.90 Å². The number of rotatable bonds is 4. The molecule has 2 heterocycles. The fourth-order valence-electron chi connectivity index (χ4n) is 3.68. The lowest BCUT2D eigenvalue weighted by Crippen LogP contribution is -2.39. The summed E-state index contributed by atoms with van der Waals surface area (Å²) >= 11 is 5.75. The van der Waals surface area contributed by atoms with Crippen LogP contribution in [0, 0.1) is 14.9 Å². The molecule has 3 aromatic rings. The van der Waals surface area contributed by atoms with Gasteiger partial charge in [0.05, 0.1) is 28.7 Å². The zero-order valence-electron chi connectivity index (χ0n) is 14.7. The molecule has 0 aliphatic carbocycles. The molecule has 0 amide bonds. The third kappa shape index (κ3) is 3.39. The van der Waals surface area contributed by atoms with E-state index in [1.165, 1.54) is 6.07 Å². The molecular weight excluding hydrogens is 364 g/mol. The zero-order valence-corrected chi connectivity index (χ0v) is 15.5. The first-order chi connectivity index (χ1) is 13.0. The van der Waals surface area contributed by atoms with Gasteiger partial charge in [0.15, 0.2) is 4.77 Å². The van der Waals surface area contributed by atoms with Gasteiger partial charge in [-0.25, -0.2) is 0 Å². The minimum absolute atomic E-state index is 0.0372. The minimum atomic E-state index is -0.392. The Morgan fingerprint density at radius 2 is 1.96 bits per heavy atom. The molecule has 4 rings (SSSR count). The number of nitro benzene ring substituents is 1. The lowest BCUT2D eigenvalue weighted by molar-refractivity contribution is -0.384. The molecule has 1 N–H and O–H groups in total. The number of nitrogens with zero attached hydrogens (tertiary/aromatic N) is 4. The van der Waals surface area contributed by atoms with Crippen LogP contribution >= 0.6 is 12.2 Å². The van der Waals surface area contributed by atoms with Crippen LogP contribution in [0.3, 0.4) is 0 Å². The van der Waals surface area contributed by atoms with E-state index in [-0.39, 0.29) is 11.8 Å². The summed E-state index contributed by atoms with van der Waals surface area (Å²) in [5.74, 6) is 0. The SMILES string of the molecule is O=[N+]([O-])c1ccc2c(c1)n(CN1CCC[C@@H](O)C1)c(=S)n2-c1ccccc1. The van der Waals surface area contributed by atoms with Crippen LogP contribution in [0.1, 0.15) is 12.8 Å². The third-order valence-electron chi connectivity index (χ3n) is 4.96. The summed E-state index contributed by atoms with van der Waals surface area (Å²) in [5.41, 5.74) is 2.50. The first kappa shape index (κ1) is 17.8. The second-order valence-corrected chi connectivity index (χ2v) is 7.19. The van der Waals surface area contributed by atoms with E-state index in [1.54, 1.807) is 12.1 Å². The Morgan fingerprint density at radius 3 is 2.67 bits per heavy atom. The van der Waals surface area contributed by atoms with E-state index < -0.39 is 4.92 Å². The summed E-state index contributed by atoms with van der Waals surface area (Å²) in [5, 5.41) is 21.2. The standard InChI is InChI=1S/C19H20N4O3S/c24-16-7-4-10-20(12-16)13-21-18-11-15(23(25)26)8-9-17(18)22(19(21)27)14-5-2-1-3-6-14/h1-3,5-6,8-9,11,16,24H,4,7,10,12-13H2/t16-/m1/s1. The van der Waals surface area contributed by atoms with Gasteiger partial charge in [0.2, 0.25) is 0 Å². The summed E-state index contributed by atoms with van der Waals surface area (Å²) < 4.78 is 4.44. The second kappa shape index (κ2) is 7.22.